The smallest absolute Gasteiger partial charge is 0.214 e. The quantitative estimate of drug-likeness (QED) is 0.514. The molecule has 0 saturated heterocycles. The molecule has 6 heteroatoms. The summed E-state index contributed by atoms with van der Waals surface area (Å²) in [7, 11) is 0. The van der Waals surface area contributed by atoms with Crippen LogP contribution in [-0.2, 0) is 0 Å². The number of Topliss-reactive ketones (excluding diaryl/α,β-unsaturated/α-hetero) is 1. The van der Waals surface area contributed by atoms with Crippen molar-refractivity contribution in [1.82, 2.24) is 20.2 Å². The van der Waals surface area contributed by atoms with Crippen LogP contribution in [0.4, 0.5) is 0 Å². The molecule has 3 rings (SSSR count). The van der Waals surface area contributed by atoms with Crippen LogP contribution in [0.1, 0.15) is 34.0 Å². The maximum Gasteiger partial charge on any atom is 0.214 e. The molecule has 1 heterocycles. The van der Waals surface area contributed by atoms with Crippen molar-refractivity contribution in [3.8, 4) is 5.69 Å². The molecule has 128 valence electrons. The highest BCUT2D eigenvalue weighted by atomic mass is 32.2. The first kappa shape index (κ1) is 17.4. The summed E-state index contributed by atoms with van der Waals surface area (Å²) in [6, 6.07) is 13.6. The largest absolute Gasteiger partial charge is 0.293 e. The average molecular weight is 352 g/mol. The molecule has 1 atom stereocenters. The van der Waals surface area contributed by atoms with E-state index < -0.39 is 0 Å². The summed E-state index contributed by atoms with van der Waals surface area (Å²) in [6.45, 7) is 7.99. The fourth-order valence-electron chi connectivity index (χ4n) is 2.53. The van der Waals surface area contributed by atoms with Gasteiger partial charge in [0.15, 0.2) is 5.78 Å². The van der Waals surface area contributed by atoms with Gasteiger partial charge in [0.2, 0.25) is 5.16 Å². The molecule has 0 saturated carbocycles. The van der Waals surface area contributed by atoms with Gasteiger partial charge in [0.05, 0.1) is 10.9 Å². The second-order valence-corrected chi connectivity index (χ2v) is 7.39. The van der Waals surface area contributed by atoms with Crippen LogP contribution in [0.3, 0.4) is 0 Å². The number of nitrogens with zero attached hydrogens (tertiary/aromatic N) is 4. The van der Waals surface area contributed by atoms with E-state index in [4.69, 9.17) is 0 Å². The van der Waals surface area contributed by atoms with E-state index in [1.807, 2.05) is 57.2 Å². The Balaban J connectivity index is 1.84. The van der Waals surface area contributed by atoms with Crippen molar-refractivity contribution >= 4 is 17.5 Å². The number of benzene rings is 2. The summed E-state index contributed by atoms with van der Waals surface area (Å²) >= 11 is 1.37. The van der Waals surface area contributed by atoms with Gasteiger partial charge < -0.3 is 0 Å². The van der Waals surface area contributed by atoms with Crippen molar-refractivity contribution in [1.29, 1.82) is 0 Å². The highest BCUT2D eigenvalue weighted by Gasteiger charge is 2.21. The van der Waals surface area contributed by atoms with Crippen molar-refractivity contribution in [3.05, 3.63) is 64.7 Å². The first-order chi connectivity index (χ1) is 12.0. The maximum absolute atomic E-state index is 12.7. The summed E-state index contributed by atoms with van der Waals surface area (Å²) in [5.74, 6) is 0.0699. The molecule has 3 aromatic rings. The van der Waals surface area contributed by atoms with Gasteiger partial charge in [-0.2, -0.15) is 4.68 Å². The lowest BCUT2D eigenvalue weighted by Crippen LogP contribution is -2.15. The normalized spacial score (nSPS) is 12.2. The zero-order valence-electron chi connectivity index (χ0n) is 14.7. The number of ketones is 1. The minimum Gasteiger partial charge on any atom is -0.293 e. The number of carbonyl (C=O) groups is 1. The van der Waals surface area contributed by atoms with Crippen LogP contribution < -0.4 is 0 Å². The lowest BCUT2D eigenvalue weighted by molar-refractivity contribution is 0.0994. The van der Waals surface area contributed by atoms with Crippen LogP contribution in [-0.4, -0.2) is 31.2 Å². The summed E-state index contributed by atoms with van der Waals surface area (Å²) in [5.41, 5.74) is 5.07. The number of hydrogen-bond acceptors (Lipinski definition) is 5. The van der Waals surface area contributed by atoms with Crippen LogP contribution in [0.5, 0.6) is 0 Å². The third kappa shape index (κ3) is 3.64. The molecule has 0 bridgehead atoms. The van der Waals surface area contributed by atoms with Crippen LogP contribution >= 0.6 is 11.8 Å². The Hall–Kier alpha value is -2.47. The Labute approximate surface area is 151 Å². The molecule has 0 radical (unpaired) electrons. The van der Waals surface area contributed by atoms with Gasteiger partial charge in [0, 0.05) is 5.56 Å². The zero-order valence-corrected chi connectivity index (χ0v) is 15.5. The summed E-state index contributed by atoms with van der Waals surface area (Å²) < 4.78 is 1.70. The fraction of sp³-hybridized carbons (Fsp3) is 0.263. The minimum absolute atomic E-state index is 0.0699. The van der Waals surface area contributed by atoms with E-state index in [1.54, 1.807) is 4.68 Å². The molecule has 0 aliphatic heterocycles. The van der Waals surface area contributed by atoms with Crippen LogP contribution in [0.25, 0.3) is 5.69 Å². The van der Waals surface area contributed by atoms with Gasteiger partial charge in [0.1, 0.15) is 0 Å². The molecule has 0 spiro atoms. The molecule has 0 N–H and O–H groups in total. The molecular formula is C19H20N4OS. The number of hydrogen-bond donors (Lipinski definition) is 0. The van der Waals surface area contributed by atoms with Crippen molar-refractivity contribution in [2.45, 2.75) is 38.1 Å². The Bertz CT molecular complexity index is 902. The SMILES string of the molecule is Cc1ccc(C(=O)C(C)Sc2nnnn2-c2cccc(C)c2C)cc1. The fourth-order valence-corrected chi connectivity index (χ4v) is 3.41. The summed E-state index contributed by atoms with van der Waals surface area (Å²) in [6.07, 6.45) is 0. The van der Waals surface area contributed by atoms with Gasteiger partial charge in [0.25, 0.3) is 0 Å². The standard InChI is InChI=1S/C19H20N4OS/c1-12-8-10-16(11-9-12)18(24)15(4)25-19-20-21-22-23(19)17-7-5-6-13(2)14(17)3/h5-11,15H,1-4H3. The van der Waals surface area contributed by atoms with Crippen LogP contribution in [0.15, 0.2) is 47.6 Å². The number of tetrazole rings is 1. The van der Waals surface area contributed by atoms with Gasteiger partial charge in [-0.25, -0.2) is 0 Å². The topological polar surface area (TPSA) is 60.7 Å². The Morgan fingerprint density at radius 1 is 1.08 bits per heavy atom. The number of thioether (sulfide) groups is 1. The summed E-state index contributed by atoms with van der Waals surface area (Å²) in [4.78, 5) is 12.7. The second kappa shape index (κ2) is 7.19. The number of aromatic nitrogens is 4. The molecule has 2 aromatic carbocycles. The van der Waals surface area contributed by atoms with Crippen molar-refractivity contribution in [2.24, 2.45) is 0 Å². The molecule has 5 nitrogen and oxygen atoms in total. The molecule has 1 aromatic heterocycles. The molecule has 0 fully saturated rings. The van der Waals surface area contributed by atoms with E-state index in [0.29, 0.717) is 10.7 Å². The molecule has 0 aliphatic rings. The third-order valence-corrected chi connectivity index (χ3v) is 5.27. The first-order valence-electron chi connectivity index (χ1n) is 8.10. The number of rotatable bonds is 5. The second-order valence-electron chi connectivity index (χ2n) is 6.08. The van der Waals surface area contributed by atoms with Crippen molar-refractivity contribution < 1.29 is 4.79 Å². The van der Waals surface area contributed by atoms with Crippen molar-refractivity contribution in [2.75, 3.05) is 0 Å². The predicted octanol–water partition coefficient (Wildman–Crippen LogP) is 3.95. The Kier molecular flexibility index (Phi) is 4.99. The van der Waals surface area contributed by atoms with E-state index in [9.17, 15) is 4.79 Å². The van der Waals surface area contributed by atoms with E-state index in [-0.39, 0.29) is 11.0 Å². The third-order valence-electron chi connectivity index (χ3n) is 4.23. The molecule has 1 unspecified atom stereocenters. The lowest BCUT2D eigenvalue weighted by Gasteiger charge is -2.12. The minimum atomic E-state index is -0.280. The highest BCUT2D eigenvalue weighted by molar-refractivity contribution is 8.00. The van der Waals surface area contributed by atoms with Gasteiger partial charge in [-0.1, -0.05) is 53.7 Å². The molecule has 0 amide bonds. The van der Waals surface area contributed by atoms with Gasteiger partial charge in [-0.15, -0.1) is 5.10 Å². The molecule has 25 heavy (non-hydrogen) atoms. The van der Waals surface area contributed by atoms with Crippen molar-refractivity contribution in [3.63, 3.8) is 0 Å². The van der Waals surface area contributed by atoms with E-state index in [1.165, 1.54) is 17.3 Å². The van der Waals surface area contributed by atoms with E-state index >= 15 is 0 Å². The van der Waals surface area contributed by atoms with Gasteiger partial charge in [-0.05, 0) is 55.3 Å². The number of aryl methyl sites for hydroxylation is 2. The average Bonchev–Trinajstić information content (AvgIpc) is 3.05. The monoisotopic (exact) mass is 352 g/mol. The number of carbonyl (C=O) groups excluding carboxylic acids is 1. The molecular weight excluding hydrogens is 332 g/mol. The zero-order chi connectivity index (χ0) is 18.0. The van der Waals surface area contributed by atoms with Crippen LogP contribution in [0, 0.1) is 20.8 Å². The first-order valence-corrected chi connectivity index (χ1v) is 8.98. The van der Waals surface area contributed by atoms with Gasteiger partial charge in [-0.3, -0.25) is 4.79 Å². The van der Waals surface area contributed by atoms with Crippen LogP contribution in [0.2, 0.25) is 0 Å². The Morgan fingerprint density at radius 3 is 2.52 bits per heavy atom. The van der Waals surface area contributed by atoms with E-state index in [2.05, 4.69) is 28.5 Å². The predicted molar refractivity (Wildman–Crippen MR) is 99.5 cm³/mol. The van der Waals surface area contributed by atoms with E-state index in [0.717, 1.165) is 16.8 Å². The maximum atomic E-state index is 12.7. The summed E-state index contributed by atoms with van der Waals surface area (Å²) in [5, 5.41) is 12.3. The highest BCUT2D eigenvalue weighted by Crippen LogP contribution is 2.27. The Morgan fingerprint density at radius 2 is 1.80 bits per heavy atom. The molecule has 0 aliphatic carbocycles. The van der Waals surface area contributed by atoms with Gasteiger partial charge >= 0.3 is 0 Å². The lowest BCUT2D eigenvalue weighted by atomic mass is 10.1.